The van der Waals surface area contributed by atoms with Gasteiger partial charge in [-0.25, -0.2) is 0 Å². The second kappa shape index (κ2) is 5.68. The zero-order valence-electron chi connectivity index (χ0n) is 12.8. The van der Waals surface area contributed by atoms with E-state index in [2.05, 4.69) is 18.0 Å². The fraction of sp³-hybridized carbons (Fsp3) is 0.211. The topological polar surface area (TPSA) is 53.1 Å². The summed E-state index contributed by atoms with van der Waals surface area (Å²) < 4.78 is 0. The molecule has 2 aromatic carbocycles. The normalized spacial score (nSPS) is 11.0. The second-order valence-electron chi connectivity index (χ2n) is 5.61. The Hall–Kier alpha value is -2.55. The number of hydrogen-bond acceptors (Lipinski definition) is 1. The summed E-state index contributed by atoms with van der Waals surface area (Å²) in [6, 6.07) is 14.3. The van der Waals surface area contributed by atoms with Crippen LogP contribution >= 0.6 is 0 Å². The van der Waals surface area contributed by atoms with Crippen LogP contribution < -0.4 is 0 Å². The van der Waals surface area contributed by atoms with Crippen LogP contribution in [0.15, 0.2) is 42.5 Å². The number of nitrogens with one attached hydrogen (secondary N) is 1. The lowest BCUT2D eigenvalue weighted by atomic mass is 10.0. The molecule has 0 unspecified atom stereocenters. The number of para-hydroxylation sites is 1. The lowest BCUT2D eigenvalue weighted by Crippen LogP contribution is -2.00. The van der Waals surface area contributed by atoms with Gasteiger partial charge in [0.15, 0.2) is 0 Å². The third kappa shape index (κ3) is 2.50. The van der Waals surface area contributed by atoms with Crippen molar-refractivity contribution >= 4 is 16.9 Å². The van der Waals surface area contributed by atoms with Crippen LogP contribution in [0.25, 0.3) is 22.2 Å². The number of aromatic amines is 1. The van der Waals surface area contributed by atoms with Crippen LogP contribution in [-0.2, 0) is 17.6 Å². The maximum Gasteiger partial charge on any atom is 0.307 e. The van der Waals surface area contributed by atoms with Gasteiger partial charge in [-0.2, -0.15) is 0 Å². The molecule has 0 atom stereocenters. The van der Waals surface area contributed by atoms with Crippen LogP contribution in [0.3, 0.4) is 0 Å². The number of rotatable bonds is 4. The molecule has 1 aromatic heterocycles. The maximum absolute atomic E-state index is 11.3. The fourth-order valence-electron chi connectivity index (χ4n) is 2.93. The molecule has 0 aliphatic rings. The SMILES string of the molecule is CCc1cccc2c(CC(=O)O)c(-c3ccc(C)cc3)[nH]c12. The Morgan fingerprint density at radius 1 is 1.14 bits per heavy atom. The van der Waals surface area contributed by atoms with Crippen LogP contribution in [-0.4, -0.2) is 16.1 Å². The van der Waals surface area contributed by atoms with Gasteiger partial charge >= 0.3 is 5.97 Å². The first-order chi connectivity index (χ1) is 10.6. The van der Waals surface area contributed by atoms with Crippen LogP contribution in [0, 0.1) is 6.92 Å². The highest BCUT2D eigenvalue weighted by molar-refractivity contribution is 5.95. The summed E-state index contributed by atoms with van der Waals surface area (Å²) in [7, 11) is 0. The number of carboxylic acid groups (broad SMARTS) is 1. The average Bonchev–Trinajstić information content (AvgIpc) is 2.86. The van der Waals surface area contributed by atoms with Crippen molar-refractivity contribution in [2.24, 2.45) is 0 Å². The number of aryl methyl sites for hydroxylation is 2. The maximum atomic E-state index is 11.3. The molecule has 0 spiro atoms. The number of carbonyl (C=O) groups is 1. The smallest absolute Gasteiger partial charge is 0.307 e. The molecule has 0 saturated heterocycles. The largest absolute Gasteiger partial charge is 0.481 e. The molecule has 2 N–H and O–H groups in total. The molecular weight excluding hydrogens is 274 g/mol. The van der Waals surface area contributed by atoms with Gasteiger partial charge in [-0.1, -0.05) is 55.0 Å². The van der Waals surface area contributed by atoms with Crippen molar-refractivity contribution < 1.29 is 9.90 Å². The van der Waals surface area contributed by atoms with Gasteiger partial charge in [-0.3, -0.25) is 4.79 Å². The highest BCUT2D eigenvalue weighted by Crippen LogP contribution is 2.32. The van der Waals surface area contributed by atoms with Gasteiger partial charge in [0.05, 0.1) is 12.1 Å². The van der Waals surface area contributed by atoms with Gasteiger partial charge in [-0.05, 0) is 30.0 Å². The molecule has 0 fully saturated rings. The lowest BCUT2D eigenvalue weighted by Gasteiger charge is -2.03. The fourth-order valence-corrected chi connectivity index (χ4v) is 2.93. The first-order valence-electron chi connectivity index (χ1n) is 7.51. The zero-order chi connectivity index (χ0) is 15.7. The zero-order valence-corrected chi connectivity index (χ0v) is 12.8. The van der Waals surface area contributed by atoms with E-state index < -0.39 is 5.97 Å². The molecular formula is C19H19NO2. The quantitative estimate of drug-likeness (QED) is 0.752. The molecule has 3 nitrogen and oxygen atoms in total. The van der Waals surface area contributed by atoms with Gasteiger partial charge < -0.3 is 10.1 Å². The second-order valence-corrected chi connectivity index (χ2v) is 5.61. The molecule has 0 bridgehead atoms. The number of hydrogen-bond donors (Lipinski definition) is 2. The van der Waals surface area contributed by atoms with Crippen LogP contribution in [0.5, 0.6) is 0 Å². The monoisotopic (exact) mass is 293 g/mol. The minimum atomic E-state index is -0.809. The minimum absolute atomic E-state index is 0.0242. The Balaban J connectivity index is 2.27. The van der Waals surface area contributed by atoms with Gasteiger partial charge in [0, 0.05) is 10.9 Å². The highest BCUT2D eigenvalue weighted by Gasteiger charge is 2.17. The van der Waals surface area contributed by atoms with E-state index in [9.17, 15) is 9.90 Å². The van der Waals surface area contributed by atoms with Crippen molar-refractivity contribution in [1.29, 1.82) is 0 Å². The number of benzene rings is 2. The predicted molar refractivity (Wildman–Crippen MR) is 89.2 cm³/mol. The van der Waals surface area contributed by atoms with Gasteiger partial charge in [0.2, 0.25) is 0 Å². The Labute approximate surface area is 129 Å². The van der Waals surface area contributed by atoms with E-state index in [1.165, 1.54) is 11.1 Å². The van der Waals surface area contributed by atoms with E-state index in [1.807, 2.05) is 43.3 Å². The first kappa shape index (κ1) is 14.4. The summed E-state index contributed by atoms with van der Waals surface area (Å²) in [6.07, 6.45) is 0.939. The average molecular weight is 293 g/mol. The molecule has 1 heterocycles. The standard InChI is InChI=1S/C19H19NO2/c1-3-13-5-4-6-15-16(11-17(21)22)19(20-18(13)15)14-9-7-12(2)8-10-14/h4-10,20H,3,11H2,1-2H3,(H,21,22). The van der Waals surface area contributed by atoms with Crippen molar-refractivity contribution in [2.45, 2.75) is 26.7 Å². The Morgan fingerprint density at radius 3 is 2.50 bits per heavy atom. The predicted octanol–water partition coefficient (Wildman–Crippen LogP) is 4.33. The molecule has 112 valence electrons. The highest BCUT2D eigenvalue weighted by atomic mass is 16.4. The summed E-state index contributed by atoms with van der Waals surface area (Å²) in [6.45, 7) is 4.15. The summed E-state index contributed by atoms with van der Waals surface area (Å²) in [5.41, 5.74) is 6.26. The molecule has 0 radical (unpaired) electrons. The molecule has 0 aliphatic heterocycles. The molecule has 3 heteroatoms. The first-order valence-corrected chi connectivity index (χ1v) is 7.51. The van der Waals surface area contributed by atoms with Crippen molar-refractivity contribution in [3.8, 4) is 11.3 Å². The summed E-state index contributed by atoms with van der Waals surface area (Å²) in [5, 5.41) is 10.3. The molecule has 22 heavy (non-hydrogen) atoms. The molecule has 0 amide bonds. The molecule has 0 saturated carbocycles. The van der Waals surface area contributed by atoms with Gasteiger partial charge in [0.1, 0.15) is 0 Å². The number of H-pyrrole nitrogens is 1. The van der Waals surface area contributed by atoms with Crippen molar-refractivity contribution in [3.05, 3.63) is 59.2 Å². The third-order valence-corrected chi connectivity index (χ3v) is 4.08. The lowest BCUT2D eigenvalue weighted by molar-refractivity contribution is -0.136. The van der Waals surface area contributed by atoms with E-state index in [0.717, 1.165) is 34.1 Å². The van der Waals surface area contributed by atoms with Crippen LogP contribution in [0.1, 0.15) is 23.6 Å². The van der Waals surface area contributed by atoms with E-state index in [0.29, 0.717) is 0 Å². The van der Waals surface area contributed by atoms with Crippen molar-refractivity contribution in [2.75, 3.05) is 0 Å². The summed E-state index contributed by atoms with van der Waals surface area (Å²) in [5.74, 6) is -0.809. The number of aromatic nitrogens is 1. The van der Waals surface area contributed by atoms with Crippen molar-refractivity contribution in [3.63, 3.8) is 0 Å². The van der Waals surface area contributed by atoms with Crippen LogP contribution in [0.2, 0.25) is 0 Å². The Morgan fingerprint density at radius 2 is 1.86 bits per heavy atom. The van der Waals surface area contributed by atoms with E-state index in [-0.39, 0.29) is 6.42 Å². The molecule has 0 aliphatic carbocycles. The van der Waals surface area contributed by atoms with Crippen LogP contribution in [0.4, 0.5) is 0 Å². The van der Waals surface area contributed by atoms with E-state index in [4.69, 9.17) is 0 Å². The Bertz CT molecular complexity index is 829. The minimum Gasteiger partial charge on any atom is -0.481 e. The van der Waals surface area contributed by atoms with E-state index in [1.54, 1.807) is 0 Å². The van der Waals surface area contributed by atoms with Crippen molar-refractivity contribution in [1.82, 2.24) is 4.98 Å². The number of carboxylic acids is 1. The summed E-state index contributed by atoms with van der Waals surface area (Å²) >= 11 is 0. The summed E-state index contributed by atoms with van der Waals surface area (Å²) in [4.78, 5) is 14.8. The van der Waals surface area contributed by atoms with Gasteiger partial charge in [-0.15, -0.1) is 0 Å². The number of aliphatic carboxylic acids is 1. The van der Waals surface area contributed by atoms with E-state index >= 15 is 0 Å². The molecule has 3 aromatic rings. The number of fused-ring (bicyclic) bond motifs is 1. The van der Waals surface area contributed by atoms with Gasteiger partial charge in [0.25, 0.3) is 0 Å². The third-order valence-electron chi connectivity index (χ3n) is 4.08. The Kier molecular flexibility index (Phi) is 3.72. The molecule has 3 rings (SSSR count).